The monoisotopic (exact) mass is 465 g/mol. The fourth-order valence-corrected chi connectivity index (χ4v) is 3.51. The Morgan fingerprint density at radius 2 is 1.76 bits per heavy atom. The first kappa shape index (κ1) is 22.5. The fraction of sp³-hybridized carbons (Fsp3) is 0.889. The number of nitrogens with one attached hydrogen (secondary N) is 2. The van der Waals surface area contributed by atoms with E-state index in [1.807, 2.05) is 4.90 Å². The molecule has 0 unspecified atom stereocenters. The first-order valence-electron chi connectivity index (χ1n) is 9.61. The average molecular weight is 465 g/mol. The molecule has 6 nitrogen and oxygen atoms in total. The molecule has 146 valence electrons. The quantitative estimate of drug-likeness (QED) is 0.370. The van der Waals surface area contributed by atoms with E-state index >= 15 is 0 Å². The van der Waals surface area contributed by atoms with Crippen LogP contribution < -0.4 is 10.6 Å². The van der Waals surface area contributed by atoms with Crippen molar-refractivity contribution in [3.8, 4) is 0 Å². The van der Waals surface area contributed by atoms with Crippen LogP contribution in [0.15, 0.2) is 4.99 Å². The Bertz CT molecular complexity index is 416. The summed E-state index contributed by atoms with van der Waals surface area (Å²) in [6, 6.07) is 0.568. The van der Waals surface area contributed by atoms with Gasteiger partial charge in [0, 0.05) is 52.2 Å². The third-order valence-corrected chi connectivity index (χ3v) is 5.20. The predicted octanol–water partition coefficient (Wildman–Crippen LogP) is 1.90. The van der Waals surface area contributed by atoms with Gasteiger partial charge in [0.25, 0.3) is 0 Å². The molecule has 7 heteroatoms. The third-order valence-electron chi connectivity index (χ3n) is 5.20. The van der Waals surface area contributed by atoms with Gasteiger partial charge in [-0.25, -0.2) is 0 Å². The second-order valence-electron chi connectivity index (χ2n) is 7.21. The minimum Gasteiger partial charge on any atom is -0.357 e. The van der Waals surface area contributed by atoms with E-state index in [-0.39, 0.29) is 29.9 Å². The van der Waals surface area contributed by atoms with Crippen LogP contribution in [0.1, 0.15) is 46.5 Å². The van der Waals surface area contributed by atoms with Gasteiger partial charge >= 0.3 is 0 Å². The summed E-state index contributed by atoms with van der Waals surface area (Å²) in [4.78, 5) is 20.4. The van der Waals surface area contributed by atoms with E-state index in [1.54, 1.807) is 6.92 Å². The van der Waals surface area contributed by atoms with Crippen molar-refractivity contribution in [1.29, 1.82) is 0 Å². The molecule has 1 heterocycles. The molecule has 0 spiro atoms. The third kappa shape index (κ3) is 8.11. The Labute approximate surface area is 170 Å². The Morgan fingerprint density at radius 1 is 1.12 bits per heavy atom. The van der Waals surface area contributed by atoms with Gasteiger partial charge in [0.05, 0.1) is 6.54 Å². The first-order valence-corrected chi connectivity index (χ1v) is 9.61. The van der Waals surface area contributed by atoms with Crippen LogP contribution >= 0.6 is 24.0 Å². The molecule has 0 aromatic rings. The number of nitrogens with zero attached hydrogens (tertiary/aromatic N) is 3. The number of amides is 1. The molecule has 0 atom stereocenters. The molecule has 0 aromatic carbocycles. The van der Waals surface area contributed by atoms with Gasteiger partial charge < -0.3 is 15.5 Å². The zero-order chi connectivity index (χ0) is 17.4. The van der Waals surface area contributed by atoms with E-state index in [0.29, 0.717) is 6.04 Å². The van der Waals surface area contributed by atoms with Gasteiger partial charge in [0.15, 0.2) is 5.96 Å². The molecule has 0 aromatic heterocycles. The maximum Gasteiger partial charge on any atom is 0.219 e. The standard InChI is InChI=1S/C18H35N5O.HI/c1-4-19-18(21-17-7-5-15(2)6-8-17)20-9-10-22-11-13-23(14-12-22)16(3)24;/h15,17H,4-14H2,1-3H3,(H2,19,20,21);1H. The van der Waals surface area contributed by atoms with Crippen LogP contribution in [0, 0.1) is 5.92 Å². The molecule has 2 N–H and O–H groups in total. The second kappa shape index (κ2) is 11.9. The van der Waals surface area contributed by atoms with Crippen molar-refractivity contribution in [3.05, 3.63) is 0 Å². The molecule has 25 heavy (non-hydrogen) atoms. The number of guanidine groups is 1. The highest BCUT2D eigenvalue weighted by molar-refractivity contribution is 14.0. The summed E-state index contributed by atoms with van der Waals surface area (Å²) in [5.41, 5.74) is 0. The summed E-state index contributed by atoms with van der Waals surface area (Å²) in [5.74, 6) is 2.02. The predicted molar refractivity (Wildman–Crippen MR) is 115 cm³/mol. The van der Waals surface area contributed by atoms with Crippen LogP contribution in [0.5, 0.6) is 0 Å². The molecule has 0 radical (unpaired) electrons. The van der Waals surface area contributed by atoms with Crippen molar-refractivity contribution in [2.24, 2.45) is 10.9 Å². The Balaban J connectivity index is 0.00000312. The summed E-state index contributed by atoms with van der Waals surface area (Å²) in [5, 5.41) is 6.97. The molecule has 1 saturated carbocycles. The van der Waals surface area contributed by atoms with Crippen molar-refractivity contribution in [1.82, 2.24) is 20.4 Å². The minimum absolute atomic E-state index is 0. The van der Waals surface area contributed by atoms with Crippen molar-refractivity contribution in [3.63, 3.8) is 0 Å². The number of piperazine rings is 1. The van der Waals surface area contributed by atoms with Crippen LogP contribution in [0.4, 0.5) is 0 Å². The molecule has 1 amide bonds. The maximum absolute atomic E-state index is 11.4. The largest absolute Gasteiger partial charge is 0.357 e. The molecule has 1 saturated heterocycles. The van der Waals surface area contributed by atoms with E-state index in [0.717, 1.165) is 57.7 Å². The lowest BCUT2D eigenvalue weighted by Crippen LogP contribution is -2.49. The van der Waals surface area contributed by atoms with Gasteiger partial charge in [-0.15, -0.1) is 24.0 Å². The molecule has 2 aliphatic rings. The highest BCUT2D eigenvalue weighted by Crippen LogP contribution is 2.23. The summed E-state index contributed by atoms with van der Waals surface area (Å²) < 4.78 is 0. The van der Waals surface area contributed by atoms with E-state index in [2.05, 4.69) is 29.4 Å². The number of rotatable bonds is 5. The number of carbonyl (C=O) groups is 1. The number of halogens is 1. The topological polar surface area (TPSA) is 60.0 Å². The number of hydrogen-bond donors (Lipinski definition) is 2. The molecular formula is C18H36IN5O. The number of hydrogen-bond acceptors (Lipinski definition) is 3. The highest BCUT2D eigenvalue weighted by Gasteiger charge is 2.20. The van der Waals surface area contributed by atoms with Crippen molar-refractivity contribution in [2.45, 2.75) is 52.5 Å². The van der Waals surface area contributed by atoms with E-state index in [9.17, 15) is 4.79 Å². The van der Waals surface area contributed by atoms with Gasteiger partial charge in [-0.05, 0) is 38.5 Å². The maximum atomic E-state index is 11.4. The van der Waals surface area contributed by atoms with Gasteiger partial charge in [-0.3, -0.25) is 14.7 Å². The number of carbonyl (C=O) groups excluding carboxylic acids is 1. The van der Waals surface area contributed by atoms with E-state index in [4.69, 9.17) is 4.99 Å². The Morgan fingerprint density at radius 3 is 2.32 bits per heavy atom. The smallest absolute Gasteiger partial charge is 0.219 e. The molecular weight excluding hydrogens is 429 g/mol. The summed E-state index contributed by atoms with van der Waals surface area (Å²) in [6.07, 6.45) is 5.13. The molecule has 2 rings (SSSR count). The van der Waals surface area contributed by atoms with Crippen molar-refractivity contribution < 1.29 is 4.79 Å². The van der Waals surface area contributed by atoms with Crippen LogP contribution in [0.3, 0.4) is 0 Å². The molecule has 2 fully saturated rings. The normalized spacial score (nSPS) is 25.2. The zero-order valence-corrected chi connectivity index (χ0v) is 18.4. The molecule has 1 aliphatic carbocycles. The van der Waals surface area contributed by atoms with Gasteiger partial charge in [0.1, 0.15) is 0 Å². The van der Waals surface area contributed by atoms with Crippen molar-refractivity contribution >= 4 is 35.8 Å². The molecule has 1 aliphatic heterocycles. The Hall–Kier alpha value is -0.570. The SMILES string of the molecule is CCNC(=NCCN1CCN(C(C)=O)CC1)NC1CCC(C)CC1.I. The first-order chi connectivity index (χ1) is 11.6. The van der Waals surface area contributed by atoms with Crippen LogP contribution in [-0.4, -0.2) is 73.5 Å². The fourth-order valence-electron chi connectivity index (χ4n) is 3.51. The summed E-state index contributed by atoms with van der Waals surface area (Å²) in [6.45, 7) is 12.4. The zero-order valence-electron chi connectivity index (χ0n) is 16.1. The van der Waals surface area contributed by atoms with Gasteiger partial charge in [-0.1, -0.05) is 6.92 Å². The van der Waals surface area contributed by atoms with E-state index in [1.165, 1.54) is 25.7 Å². The second-order valence-corrected chi connectivity index (χ2v) is 7.21. The number of aliphatic imine (C=N–C) groups is 1. The Kier molecular flexibility index (Phi) is 10.7. The van der Waals surface area contributed by atoms with Crippen molar-refractivity contribution in [2.75, 3.05) is 45.8 Å². The lowest BCUT2D eigenvalue weighted by molar-refractivity contribution is -0.130. The molecule has 0 bridgehead atoms. The lowest BCUT2D eigenvalue weighted by atomic mass is 9.87. The van der Waals surface area contributed by atoms with Crippen LogP contribution in [0.25, 0.3) is 0 Å². The van der Waals surface area contributed by atoms with E-state index < -0.39 is 0 Å². The summed E-state index contributed by atoms with van der Waals surface area (Å²) >= 11 is 0. The van der Waals surface area contributed by atoms with Crippen LogP contribution in [0.2, 0.25) is 0 Å². The van der Waals surface area contributed by atoms with Gasteiger partial charge in [0.2, 0.25) is 5.91 Å². The average Bonchev–Trinajstić information content (AvgIpc) is 2.57. The van der Waals surface area contributed by atoms with Gasteiger partial charge in [-0.2, -0.15) is 0 Å². The minimum atomic E-state index is 0. The highest BCUT2D eigenvalue weighted by atomic mass is 127. The van der Waals surface area contributed by atoms with Crippen LogP contribution in [-0.2, 0) is 4.79 Å². The summed E-state index contributed by atoms with van der Waals surface area (Å²) in [7, 11) is 0. The lowest BCUT2D eigenvalue weighted by Gasteiger charge is -2.33.